The molecule has 2 nitrogen and oxygen atoms in total. The first kappa shape index (κ1) is 60.1. The van der Waals surface area contributed by atoms with Gasteiger partial charge in [-0.15, -0.1) is 12.6 Å². The largest absolute Gasteiger partial charge is 0.548 e. The molecule has 428 valence electrons. The van der Waals surface area contributed by atoms with E-state index >= 15 is 17.6 Å². The third-order valence-corrected chi connectivity index (χ3v) is 30.2. The molecule has 2 unspecified atom stereocenters. The van der Waals surface area contributed by atoms with Gasteiger partial charge in [0, 0.05) is 38.0 Å². The third-order valence-electron chi connectivity index (χ3n) is 19.1. The molecule has 4 saturated heterocycles. The summed E-state index contributed by atoms with van der Waals surface area (Å²) in [4.78, 5) is 0. The monoisotopic (exact) mass is 1150 g/mol. The van der Waals surface area contributed by atoms with Crippen molar-refractivity contribution in [1.82, 2.24) is 0 Å². The molecule has 6 aromatic rings. The van der Waals surface area contributed by atoms with Crippen LogP contribution in [-0.4, -0.2) is 36.1 Å². The molecule has 4 fully saturated rings. The number of rotatable bonds is 12. The van der Waals surface area contributed by atoms with Crippen molar-refractivity contribution in [3.05, 3.63) is 188 Å². The van der Waals surface area contributed by atoms with Gasteiger partial charge in [0.25, 0.3) is 0 Å². The zero-order valence-electron chi connectivity index (χ0n) is 48.3. The molecule has 0 N–H and O–H groups in total. The molecule has 10 rings (SSSR count). The predicted molar refractivity (Wildman–Crippen MR) is 313 cm³/mol. The summed E-state index contributed by atoms with van der Waals surface area (Å²) >= 11 is 0. The number of hydrogen-bond acceptors (Lipinski definition) is 2. The Hall–Kier alpha value is -4.47. The summed E-state index contributed by atoms with van der Waals surface area (Å²) in [6.45, 7) is 29.8. The maximum absolute atomic E-state index is 15.5. The van der Waals surface area contributed by atoms with Gasteiger partial charge in [-0.05, 0) is 80.0 Å². The molecule has 80 heavy (non-hydrogen) atoms. The highest BCUT2D eigenvalue weighted by Gasteiger charge is 2.73. The molecule has 16 heteroatoms. The van der Waals surface area contributed by atoms with Gasteiger partial charge in [0.05, 0.1) is 0 Å². The Morgan fingerprint density at radius 1 is 0.375 bits per heavy atom. The molecule has 0 radical (unpaired) electrons. The fourth-order valence-corrected chi connectivity index (χ4v) is 28.3. The van der Waals surface area contributed by atoms with Crippen molar-refractivity contribution in [2.45, 2.75) is 168 Å². The molecular weight excluding hydrogens is 1070 g/mol. The highest BCUT2D eigenvalue weighted by atomic mass is 31.2. The van der Waals surface area contributed by atoms with Crippen LogP contribution in [0.1, 0.15) is 189 Å². The van der Waals surface area contributed by atoms with Crippen LogP contribution in [0.15, 0.2) is 84.9 Å². The minimum Gasteiger partial charge on any atom is -0.548 e. The third kappa shape index (κ3) is 8.98. The summed E-state index contributed by atoms with van der Waals surface area (Å²) in [5.41, 5.74) is 6.67. The Morgan fingerprint density at radius 3 is 0.863 bits per heavy atom. The molecule has 0 saturated carbocycles. The Kier molecular flexibility index (Phi) is 16.5. The van der Waals surface area contributed by atoms with E-state index in [1.54, 1.807) is 0 Å². The van der Waals surface area contributed by atoms with Gasteiger partial charge < -0.3 is 9.31 Å². The van der Waals surface area contributed by atoms with Gasteiger partial charge in [0.1, 0.15) is 33.9 Å². The van der Waals surface area contributed by atoms with Crippen LogP contribution in [0, 0.1) is 58.2 Å². The lowest BCUT2D eigenvalue weighted by molar-refractivity contribution is 0.283. The zero-order chi connectivity index (χ0) is 58.6. The van der Waals surface area contributed by atoms with Gasteiger partial charge in [-0.3, -0.25) is 0 Å². The average molecular weight is 1150 g/mol. The molecule has 8 atom stereocenters. The number of fused-ring (bicyclic) bond motifs is 4. The smallest absolute Gasteiger partial charge is 0.200 e. The molecule has 4 bridgehead atoms. The van der Waals surface area contributed by atoms with Crippen LogP contribution < -0.4 is 21.5 Å². The maximum Gasteiger partial charge on any atom is 0.200 e. The molecule has 0 aliphatic carbocycles. The van der Waals surface area contributed by atoms with Gasteiger partial charge in [-0.1, -0.05) is 193 Å². The average Bonchev–Trinajstić information content (AvgIpc) is 3.83. The summed E-state index contributed by atoms with van der Waals surface area (Å²) in [7, 11) is -4.88. The van der Waals surface area contributed by atoms with E-state index in [0.717, 1.165) is 11.1 Å². The lowest BCUT2D eigenvalue weighted by atomic mass is 9.32. The van der Waals surface area contributed by atoms with E-state index in [0.29, 0.717) is 24.2 Å². The fraction of sp³-hybridized carbons (Fsp3) is 0.438. The second-order valence-corrected chi connectivity index (χ2v) is 33.3. The van der Waals surface area contributed by atoms with Gasteiger partial charge in [0.2, 0.25) is 0 Å². The molecule has 4 heterocycles. The lowest BCUT2D eigenvalue weighted by Crippen LogP contribution is -2.57. The van der Waals surface area contributed by atoms with E-state index in [9.17, 15) is 26.3 Å². The zero-order valence-corrected chi connectivity index (χ0v) is 50.1. The summed E-state index contributed by atoms with van der Waals surface area (Å²) < 4.78 is 162. The van der Waals surface area contributed by atoms with E-state index in [2.05, 4.69) is 107 Å². The molecule has 4 aliphatic rings. The second-order valence-electron chi connectivity index (χ2n) is 25.2. The van der Waals surface area contributed by atoms with Crippen molar-refractivity contribution < 1.29 is 53.2 Å². The molecule has 6 aromatic carbocycles. The molecular formula is C64H74B2F10O2P2. The quantitative estimate of drug-likeness (QED) is 0.0400. The Bertz CT molecular complexity index is 3020. The summed E-state index contributed by atoms with van der Waals surface area (Å²) in [5, 5.41) is 2.43. The van der Waals surface area contributed by atoms with Crippen molar-refractivity contribution in [2.75, 3.05) is 12.3 Å². The van der Waals surface area contributed by atoms with E-state index < -0.39 is 119 Å². The first-order valence-corrected chi connectivity index (χ1v) is 32.8. The fourth-order valence-electron chi connectivity index (χ4n) is 14.9. The van der Waals surface area contributed by atoms with Crippen LogP contribution in [0.2, 0.25) is 12.6 Å². The van der Waals surface area contributed by atoms with Crippen LogP contribution in [0.5, 0.6) is 0 Å². The van der Waals surface area contributed by atoms with Crippen molar-refractivity contribution in [2.24, 2.45) is 0 Å². The summed E-state index contributed by atoms with van der Waals surface area (Å²) in [6, 6.07) is 28.3. The first-order valence-electron chi connectivity index (χ1n) is 28.5. The van der Waals surface area contributed by atoms with Crippen LogP contribution in [0.3, 0.4) is 0 Å². The Labute approximate surface area is 467 Å². The predicted octanol–water partition coefficient (Wildman–Crippen LogP) is 17.8. The van der Waals surface area contributed by atoms with E-state index in [1.807, 2.05) is 74.5 Å². The summed E-state index contributed by atoms with van der Waals surface area (Å²) in [6.07, 6.45) is -3.39. The van der Waals surface area contributed by atoms with Crippen molar-refractivity contribution in [1.29, 1.82) is 0 Å². The van der Waals surface area contributed by atoms with Crippen molar-refractivity contribution >= 4 is 48.8 Å². The highest BCUT2D eigenvalue weighted by Crippen LogP contribution is 2.85. The first-order chi connectivity index (χ1) is 37.6. The van der Waals surface area contributed by atoms with Crippen LogP contribution >= 0.6 is 14.5 Å². The Morgan fingerprint density at radius 2 is 0.625 bits per heavy atom. The molecule has 4 aliphatic heterocycles. The Balaban J connectivity index is 0.000000194. The second kappa shape index (κ2) is 21.9. The topological polar surface area (TPSA) is 18.5 Å². The van der Waals surface area contributed by atoms with Gasteiger partial charge in [-0.25, -0.2) is 43.9 Å². The minimum atomic E-state index is -2.56. The van der Waals surface area contributed by atoms with Crippen LogP contribution in [-0.2, 0) is 9.31 Å². The van der Waals surface area contributed by atoms with Gasteiger partial charge >= 0.3 is 0 Å². The van der Waals surface area contributed by atoms with Crippen molar-refractivity contribution in [3.8, 4) is 0 Å². The normalized spacial score (nSPS) is 26.1. The van der Waals surface area contributed by atoms with Gasteiger partial charge in [-0.2, -0.15) is 0 Å². The van der Waals surface area contributed by atoms with Crippen molar-refractivity contribution in [3.63, 3.8) is 0 Å². The lowest BCUT2D eigenvalue weighted by Gasteiger charge is -2.40. The van der Waals surface area contributed by atoms with E-state index in [4.69, 9.17) is 9.31 Å². The van der Waals surface area contributed by atoms with Crippen LogP contribution in [0.25, 0.3) is 0 Å². The SMILES string of the molecule is CC(C)c1cc(C(C)C)c([P+]23CC[B@@-](c4c(F)c(F)c(F)c(F)c4F)(O[C@@H]2c2ccccc2)[C@@H]3C)c(C(C)C)c1.CC(C)c1cc(C(C)C)c([P+]23CC[B@@-](c4c(F)c(F)c(F)c(F)c4F)(O[C@@H]2c2ccccc2)[C@@H]3C)c(C(C)C)c1. The summed E-state index contributed by atoms with van der Waals surface area (Å²) in [5.74, 6) is -18.7. The maximum atomic E-state index is 15.5. The number of benzene rings is 6. The number of hydrogen-bond donors (Lipinski definition) is 0. The van der Waals surface area contributed by atoms with Crippen LogP contribution in [0.4, 0.5) is 43.9 Å². The van der Waals surface area contributed by atoms with Gasteiger partial charge in [0.15, 0.2) is 59.3 Å². The standard InChI is InChI=1S/2C32H37BF5OP/c2*1-17(2)22-15-23(18(3)4)31(24(16-22)19(5)6)40-14-13-33(20(40)7,39-32(40)21-11-9-8-10-12-21)25-26(34)28(36)30(38)29(37)27(25)35/h2*8-12,15-20,32H,13-14H2,1-7H3/t2*20-,32-,33+,40?/m00/s1. The molecule has 0 amide bonds. The molecule has 0 spiro atoms. The molecule has 0 aromatic heterocycles. The minimum absolute atomic E-state index is 0.168. The van der Waals surface area contributed by atoms with E-state index in [-0.39, 0.29) is 36.3 Å². The highest BCUT2D eigenvalue weighted by molar-refractivity contribution is 7.88. The number of halogens is 10. The van der Waals surface area contributed by atoms with E-state index in [1.165, 1.54) is 44.0 Å².